The average molecular weight is 230 g/mol. The van der Waals surface area contributed by atoms with Crippen LogP contribution < -0.4 is 5.73 Å². The van der Waals surface area contributed by atoms with Crippen LogP contribution in [-0.4, -0.2) is 17.6 Å². The van der Waals surface area contributed by atoms with Crippen LogP contribution in [0.1, 0.15) is 35.1 Å². The number of halogens is 2. The molecule has 0 atom stereocenters. The molecule has 1 rings (SSSR count). The summed E-state index contributed by atoms with van der Waals surface area (Å²) in [6.07, 6.45) is -2.81. The molecule has 0 saturated heterocycles. The summed E-state index contributed by atoms with van der Waals surface area (Å²) in [6.45, 7) is 3.32. The molecule has 0 radical (unpaired) electrons. The highest BCUT2D eigenvalue weighted by atomic mass is 19.3. The second-order valence-electron chi connectivity index (χ2n) is 3.14. The van der Waals surface area contributed by atoms with Crippen molar-refractivity contribution in [3.63, 3.8) is 0 Å². The topological polar surface area (TPSA) is 65.2 Å². The molecule has 1 aromatic rings. The van der Waals surface area contributed by atoms with Gasteiger partial charge in [0.2, 0.25) is 0 Å². The van der Waals surface area contributed by atoms with Crippen molar-refractivity contribution in [2.24, 2.45) is 0 Å². The SMILES string of the molecule is CCOC(=O)c1cc(C)c(N)c(C(F)F)n1. The normalized spacial score (nSPS) is 10.6. The van der Waals surface area contributed by atoms with Gasteiger partial charge in [0, 0.05) is 0 Å². The number of aryl methyl sites for hydroxylation is 1. The number of alkyl halides is 2. The van der Waals surface area contributed by atoms with Gasteiger partial charge in [0.25, 0.3) is 6.43 Å². The van der Waals surface area contributed by atoms with Crippen molar-refractivity contribution in [1.29, 1.82) is 0 Å². The molecule has 0 aliphatic heterocycles. The molecule has 2 N–H and O–H groups in total. The standard InChI is InChI=1S/C10H12F2N2O2/c1-3-16-10(15)6-4-5(2)7(13)8(14-6)9(11)12/h4,9H,3,13H2,1-2H3. The number of hydrogen-bond donors (Lipinski definition) is 1. The Morgan fingerprint density at radius 2 is 2.25 bits per heavy atom. The highest BCUT2D eigenvalue weighted by Crippen LogP contribution is 2.26. The van der Waals surface area contributed by atoms with Gasteiger partial charge >= 0.3 is 5.97 Å². The van der Waals surface area contributed by atoms with Gasteiger partial charge in [-0.05, 0) is 25.5 Å². The second-order valence-corrected chi connectivity index (χ2v) is 3.14. The van der Waals surface area contributed by atoms with E-state index in [-0.39, 0.29) is 18.0 Å². The predicted molar refractivity (Wildman–Crippen MR) is 54.3 cm³/mol. The van der Waals surface area contributed by atoms with Gasteiger partial charge in [0.05, 0.1) is 12.3 Å². The first-order valence-electron chi connectivity index (χ1n) is 4.69. The number of esters is 1. The number of carbonyl (C=O) groups is 1. The molecule has 0 aliphatic carbocycles. The summed E-state index contributed by atoms with van der Waals surface area (Å²) in [4.78, 5) is 14.8. The summed E-state index contributed by atoms with van der Waals surface area (Å²) in [5.74, 6) is -0.729. The van der Waals surface area contributed by atoms with E-state index >= 15 is 0 Å². The number of carbonyl (C=O) groups excluding carboxylic acids is 1. The fraction of sp³-hybridized carbons (Fsp3) is 0.400. The van der Waals surface area contributed by atoms with Crippen molar-refractivity contribution in [3.05, 3.63) is 23.0 Å². The first-order valence-corrected chi connectivity index (χ1v) is 4.69. The van der Waals surface area contributed by atoms with Crippen LogP contribution in [0, 0.1) is 6.92 Å². The molecule has 4 nitrogen and oxygen atoms in total. The Kier molecular flexibility index (Phi) is 3.76. The van der Waals surface area contributed by atoms with E-state index in [2.05, 4.69) is 9.72 Å². The fourth-order valence-electron chi connectivity index (χ4n) is 1.18. The van der Waals surface area contributed by atoms with Crippen molar-refractivity contribution in [1.82, 2.24) is 4.98 Å². The van der Waals surface area contributed by atoms with E-state index in [0.717, 1.165) is 0 Å². The summed E-state index contributed by atoms with van der Waals surface area (Å²) in [6, 6.07) is 1.33. The summed E-state index contributed by atoms with van der Waals surface area (Å²) >= 11 is 0. The maximum Gasteiger partial charge on any atom is 0.356 e. The zero-order valence-electron chi connectivity index (χ0n) is 8.96. The van der Waals surface area contributed by atoms with Gasteiger partial charge in [0.15, 0.2) is 0 Å². The smallest absolute Gasteiger partial charge is 0.356 e. The number of hydrogen-bond acceptors (Lipinski definition) is 4. The van der Waals surface area contributed by atoms with Gasteiger partial charge in [-0.25, -0.2) is 18.6 Å². The number of nitrogen functional groups attached to an aromatic ring is 1. The van der Waals surface area contributed by atoms with Crippen LogP contribution in [0.3, 0.4) is 0 Å². The summed E-state index contributed by atoms with van der Waals surface area (Å²) < 4.78 is 29.8. The van der Waals surface area contributed by atoms with E-state index < -0.39 is 18.1 Å². The quantitative estimate of drug-likeness (QED) is 0.807. The van der Waals surface area contributed by atoms with Gasteiger partial charge < -0.3 is 10.5 Å². The Balaban J connectivity index is 3.18. The Labute approximate surface area is 91.4 Å². The maximum absolute atomic E-state index is 12.5. The van der Waals surface area contributed by atoms with Crippen LogP contribution in [0.4, 0.5) is 14.5 Å². The van der Waals surface area contributed by atoms with E-state index in [1.165, 1.54) is 13.0 Å². The van der Waals surface area contributed by atoms with Crippen LogP contribution in [0.25, 0.3) is 0 Å². The number of rotatable bonds is 3. The van der Waals surface area contributed by atoms with Gasteiger partial charge in [0.1, 0.15) is 11.4 Å². The van der Waals surface area contributed by atoms with Crippen LogP contribution in [0.2, 0.25) is 0 Å². The van der Waals surface area contributed by atoms with Crippen LogP contribution >= 0.6 is 0 Å². The van der Waals surface area contributed by atoms with Crippen molar-refractivity contribution < 1.29 is 18.3 Å². The Hall–Kier alpha value is -1.72. The molecule has 0 unspecified atom stereocenters. The zero-order chi connectivity index (χ0) is 12.3. The largest absolute Gasteiger partial charge is 0.461 e. The summed E-state index contributed by atoms with van der Waals surface area (Å²) in [7, 11) is 0. The number of anilines is 1. The lowest BCUT2D eigenvalue weighted by Crippen LogP contribution is -2.11. The molecule has 0 aliphatic rings. The Bertz CT molecular complexity index is 408. The molecule has 0 spiro atoms. The number of pyridine rings is 1. The number of ether oxygens (including phenoxy) is 1. The Morgan fingerprint density at radius 1 is 1.62 bits per heavy atom. The third kappa shape index (κ3) is 2.44. The molecule has 0 amide bonds. The molecule has 0 bridgehead atoms. The lowest BCUT2D eigenvalue weighted by molar-refractivity contribution is 0.0518. The fourth-order valence-corrected chi connectivity index (χ4v) is 1.18. The van der Waals surface area contributed by atoms with Gasteiger partial charge in [-0.1, -0.05) is 0 Å². The lowest BCUT2D eigenvalue weighted by atomic mass is 10.1. The molecule has 1 aromatic heterocycles. The van der Waals surface area contributed by atoms with Gasteiger partial charge in [-0.3, -0.25) is 0 Å². The van der Waals surface area contributed by atoms with Crippen molar-refractivity contribution in [2.45, 2.75) is 20.3 Å². The molecule has 16 heavy (non-hydrogen) atoms. The predicted octanol–water partition coefficient (Wildman–Crippen LogP) is 2.09. The molecule has 1 heterocycles. The van der Waals surface area contributed by atoms with E-state index in [9.17, 15) is 13.6 Å². The second kappa shape index (κ2) is 4.87. The first kappa shape index (κ1) is 12.4. The molecule has 6 heteroatoms. The van der Waals surface area contributed by atoms with Crippen molar-refractivity contribution >= 4 is 11.7 Å². The maximum atomic E-state index is 12.5. The van der Waals surface area contributed by atoms with Gasteiger partial charge in [-0.15, -0.1) is 0 Å². The molecule has 0 aromatic carbocycles. The minimum absolute atomic E-state index is 0.0944. The van der Waals surface area contributed by atoms with E-state index in [1.807, 2.05) is 0 Å². The highest BCUT2D eigenvalue weighted by Gasteiger charge is 2.19. The van der Waals surface area contributed by atoms with E-state index in [0.29, 0.717) is 5.56 Å². The van der Waals surface area contributed by atoms with Crippen LogP contribution in [0.15, 0.2) is 6.07 Å². The summed E-state index contributed by atoms with van der Waals surface area (Å²) in [5, 5.41) is 0. The van der Waals surface area contributed by atoms with Gasteiger partial charge in [-0.2, -0.15) is 0 Å². The summed E-state index contributed by atoms with van der Waals surface area (Å²) in [5.41, 5.74) is 4.99. The average Bonchev–Trinajstić information content (AvgIpc) is 2.21. The lowest BCUT2D eigenvalue weighted by Gasteiger charge is -2.09. The molecule has 88 valence electrons. The zero-order valence-corrected chi connectivity index (χ0v) is 8.96. The molecular formula is C10H12F2N2O2. The van der Waals surface area contributed by atoms with Crippen LogP contribution in [-0.2, 0) is 4.74 Å². The van der Waals surface area contributed by atoms with E-state index in [1.54, 1.807) is 6.92 Å². The van der Waals surface area contributed by atoms with E-state index in [4.69, 9.17) is 5.73 Å². The highest BCUT2D eigenvalue weighted by molar-refractivity contribution is 5.88. The number of nitrogens with zero attached hydrogens (tertiary/aromatic N) is 1. The molecular weight excluding hydrogens is 218 g/mol. The minimum Gasteiger partial charge on any atom is -0.461 e. The van der Waals surface area contributed by atoms with Crippen molar-refractivity contribution in [3.8, 4) is 0 Å². The number of aromatic nitrogens is 1. The third-order valence-corrected chi connectivity index (χ3v) is 1.99. The van der Waals surface area contributed by atoms with Crippen molar-refractivity contribution in [2.75, 3.05) is 12.3 Å². The third-order valence-electron chi connectivity index (χ3n) is 1.99. The minimum atomic E-state index is -2.81. The monoisotopic (exact) mass is 230 g/mol. The molecule has 0 saturated carbocycles. The Morgan fingerprint density at radius 3 is 2.75 bits per heavy atom. The first-order chi connectivity index (χ1) is 7.47. The molecule has 0 fully saturated rings. The number of nitrogens with two attached hydrogens (primary N) is 1. The van der Waals surface area contributed by atoms with Crippen LogP contribution in [0.5, 0.6) is 0 Å².